The second-order valence-corrected chi connectivity index (χ2v) is 12.2. The van der Waals surface area contributed by atoms with E-state index in [1.54, 1.807) is 24.3 Å². The molecule has 13 heteroatoms. The molecule has 3 aromatic rings. The maximum Gasteiger partial charge on any atom is 0.329 e. The van der Waals surface area contributed by atoms with Crippen molar-refractivity contribution in [1.29, 1.82) is 0 Å². The summed E-state index contributed by atoms with van der Waals surface area (Å²) in [4.78, 5) is 51.1. The van der Waals surface area contributed by atoms with E-state index >= 15 is 0 Å². The summed E-state index contributed by atoms with van der Waals surface area (Å²) in [6, 6.07) is 17.2. The molecule has 0 aromatic heterocycles. The van der Waals surface area contributed by atoms with E-state index < -0.39 is 71.4 Å². The number of carboxylic acids is 1. The lowest BCUT2D eigenvalue weighted by Gasteiger charge is -2.47. The van der Waals surface area contributed by atoms with Gasteiger partial charge in [0.1, 0.15) is 28.2 Å². The predicted octanol–water partition coefficient (Wildman–Crippen LogP) is 4.00. The normalized spacial score (nSPS) is 18.8. The lowest BCUT2D eigenvalue weighted by atomic mass is 9.88. The predicted molar refractivity (Wildman–Crippen MR) is 168 cm³/mol. The van der Waals surface area contributed by atoms with Crippen LogP contribution in [0.15, 0.2) is 72.8 Å². The number of ether oxygens (including phenoxy) is 1. The van der Waals surface area contributed by atoms with Crippen molar-refractivity contribution in [3.8, 4) is 5.75 Å². The van der Waals surface area contributed by atoms with Crippen LogP contribution < -0.4 is 20.3 Å². The summed E-state index contributed by atoms with van der Waals surface area (Å²) < 4.78 is 39.9. The molecular weight excluding hydrogens is 620 g/mol. The highest BCUT2D eigenvalue weighted by Gasteiger charge is 2.49. The number of thioether (sulfide) groups is 1. The van der Waals surface area contributed by atoms with E-state index in [4.69, 9.17) is 6.11 Å². The summed E-state index contributed by atoms with van der Waals surface area (Å²) in [6.07, 6.45) is -0.935. The Bertz CT molecular complexity index is 1580. The van der Waals surface area contributed by atoms with Crippen molar-refractivity contribution in [3.63, 3.8) is 0 Å². The van der Waals surface area contributed by atoms with Crippen molar-refractivity contribution < 1.29 is 44.3 Å². The summed E-state index contributed by atoms with van der Waals surface area (Å²) >= 11 is 1.25. The topological polar surface area (TPSA) is 145 Å². The number of nitrogens with zero attached hydrogens (tertiary/aromatic N) is 1. The van der Waals surface area contributed by atoms with Gasteiger partial charge in [0.2, 0.25) is 11.8 Å². The Hall–Kier alpha value is -4.49. The molecule has 0 aliphatic carbocycles. The van der Waals surface area contributed by atoms with Crippen LogP contribution in [-0.2, 0) is 19.2 Å². The molecule has 4 rings (SSSR count). The number of nitrogens with one attached hydrogen (secondary N) is 2. The number of amides is 3. The van der Waals surface area contributed by atoms with Gasteiger partial charge in [-0.2, -0.15) is 0 Å². The lowest BCUT2D eigenvalue weighted by Crippen LogP contribution is -2.57. The Labute approximate surface area is 270 Å². The Morgan fingerprint density at radius 2 is 1.63 bits per heavy atom. The van der Waals surface area contributed by atoms with Gasteiger partial charge in [-0.3, -0.25) is 14.4 Å². The summed E-state index contributed by atoms with van der Waals surface area (Å²) in [5.74, 6) is -3.92. The summed E-state index contributed by atoms with van der Waals surface area (Å²) in [5, 5.41) is 24.3. The highest BCUT2D eigenvalue weighted by atomic mass is 32.2. The Morgan fingerprint density at radius 3 is 2.22 bits per heavy atom. The number of aliphatic hydroxyl groups excluding tert-OH is 1. The maximum atomic E-state index is 13.6. The minimum absolute atomic E-state index is 0.170. The van der Waals surface area contributed by atoms with Gasteiger partial charge < -0.3 is 30.5 Å². The van der Waals surface area contributed by atoms with Crippen molar-refractivity contribution >= 4 is 41.1 Å². The molecule has 1 saturated heterocycles. The highest BCUT2D eigenvalue weighted by molar-refractivity contribution is 8.00. The first kappa shape index (κ1) is 32.9. The number of rotatable bonds is 14. The number of hydrogen-bond acceptors (Lipinski definition) is 7. The number of benzene rings is 3. The van der Waals surface area contributed by atoms with Crippen molar-refractivity contribution in [1.82, 2.24) is 10.6 Å². The molecular formula is C33H35F2N3O7S. The largest absolute Gasteiger partial charge is 0.484 e. The van der Waals surface area contributed by atoms with E-state index in [2.05, 4.69) is 10.6 Å². The zero-order valence-electron chi connectivity index (χ0n) is 26.1. The molecule has 5 atom stereocenters. The molecule has 10 nitrogen and oxygen atoms in total. The number of carbonyl (C=O) groups is 4. The third kappa shape index (κ3) is 8.01. The van der Waals surface area contributed by atoms with Crippen molar-refractivity contribution in [2.45, 2.75) is 43.7 Å². The van der Waals surface area contributed by atoms with E-state index in [-0.39, 0.29) is 18.6 Å². The lowest BCUT2D eigenvalue weighted by molar-refractivity contribution is -0.148. The second-order valence-electron chi connectivity index (χ2n) is 11.0. The van der Waals surface area contributed by atoms with Gasteiger partial charge in [-0.1, -0.05) is 38.1 Å². The average Bonchev–Trinajstić information content (AvgIpc) is 3.06. The minimum Gasteiger partial charge on any atom is -0.484 e. The van der Waals surface area contributed by atoms with Crippen LogP contribution in [0.1, 0.15) is 45.4 Å². The van der Waals surface area contributed by atoms with Crippen LogP contribution in [0.2, 0.25) is 0 Å². The van der Waals surface area contributed by atoms with E-state index in [9.17, 15) is 38.2 Å². The molecule has 1 aliphatic heterocycles. The first-order valence-electron chi connectivity index (χ1n) is 15.0. The van der Waals surface area contributed by atoms with Gasteiger partial charge in [-0.25, -0.2) is 13.6 Å². The maximum absolute atomic E-state index is 13.6. The number of anilines is 1. The quantitative estimate of drug-likeness (QED) is 0.191. The van der Waals surface area contributed by atoms with Crippen molar-refractivity contribution in [3.05, 3.63) is 95.6 Å². The zero-order valence-corrected chi connectivity index (χ0v) is 25.9. The van der Waals surface area contributed by atoms with Crippen LogP contribution in [0.25, 0.3) is 0 Å². The van der Waals surface area contributed by atoms with E-state index in [1.165, 1.54) is 79.0 Å². The van der Waals surface area contributed by atoms with Gasteiger partial charge in [0.15, 0.2) is 6.61 Å². The fraction of sp³-hybridized carbons (Fsp3) is 0.333. The van der Waals surface area contributed by atoms with Gasteiger partial charge in [-0.05, 0) is 72.5 Å². The summed E-state index contributed by atoms with van der Waals surface area (Å²) in [7, 11) is 0. The number of halogens is 2. The van der Waals surface area contributed by atoms with Crippen LogP contribution in [0.5, 0.6) is 5.75 Å². The zero-order chi connectivity index (χ0) is 34.3. The molecule has 1 aliphatic rings. The molecule has 3 amide bonds. The molecule has 0 saturated carbocycles. The van der Waals surface area contributed by atoms with Crippen molar-refractivity contribution in [2.75, 3.05) is 23.8 Å². The summed E-state index contributed by atoms with van der Waals surface area (Å²) in [5.41, 5.74) is 0.0657. The van der Waals surface area contributed by atoms with Gasteiger partial charge in [0, 0.05) is 12.8 Å². The molecule has 0 radical (unpaired) electrons. The minimum atomic E-state index is -1.67. The second kappa shape index (κ2) is 14.7. The SMILES string of the molecule is [2H]CC(C)[C@](C)(NC(=O)CNC(=O)COc1ccc([C@@H]2[C@@H](SCC(O)c3ccc(F)cc3)C(=O)N2c2ccc(F)cc2)cc1)C(=O)O. The molecule has 1 fully saturated rings. The third-order valence-electron chi connectivity index (χ3n) is 7.71. The highest BCUT2D eigenvalue weighted by Crippen LogP contribution is 2.46. The van der Waals surface area contributed by atoms with Gasteiger partial charge in [-0.15, -0.1) is 11.8 Å². The van der Waals surface area contributed by atoms with Crippen LogP contribution in [0.3, 0.4) is 0 Å². The fourth-order valence-corrected chi connectivity index (χ4v) is 5.97. The number of aliphatic carboxylic acids is 1. The van der Waals surface area contributed by atoms with Crippen molar-refractivity contribution in [2.24, 2.45) is 5.92 Å². The van der Waals surface area contributed by atoms with Gasteiger partial charge >= 0.3 is 5.97 Å². The van der Waals surface area contributed by atoms with E-state index in [0.29, 0.717) is 17.0 Å². The molecule has 2 unspecified atom stereocenters. The Balaban J connectivity index is 1.37. The fourth-order valence-electron chi connectivity index (χ4n) is 4.68. The monoisotopic (exact) mass is 656 g/mol. The Kier molecular flexibility index (Phi) is 10.5. The van der Waals surface area contributed by atoms with E-state index in [1.807, 2.05) is 0 Å². The molecule has 3 aromatic carbocycles. The van der Waals surface area contributed by atoms with E-state index in [0.717, 1.165) is 5.56 Å². The van der Waals surface area contributed by atoms with Crippen LogP contribution in [0.4, 0.5) is 14.5 Å². The molecule has 46 heavy (non-hydrogen) atoms. The summed E-state index contributed by atoms with van der Waals surface area (Å²) in [6.45, 7) is 1.69. The molecule has 244 valence electrons. The number of carboxylic acid groups (broad SMARTS) is 1. The van der Waals surface area contributed by atoms with Crippen LogP contribution in [-0.4, -0.2) is 63.6 Å². The first-order chi connectivity index (χ1) is 22.3. The molecule has 4 N–H and O–H groups in total. The smallest absolute Gasteiger partial charge is 0.329 e. The standard InChI is InChI=1S/C33H35F2N3O7S/c1-19(2)33(3,32(43)44)37-27(40)16-36-28(41)17-45-25-14-6-21(7-15-25)29-30(31(42)38(29)24-12-10-23(35)11-13-24)46-18-26(39)20-4-8-22(34)9-5-20/h4-15,19,26,29-30,39H,16-18H2,1-3H3,(H,36,41)(H,37,40)(H,43,44)/t26?,29-,30-,33+/m1/s1/i1D/t19?,26?,29-,30-,33+. The third-order valence-corrected chi connectivity index (χ3v) is 9.03. The number of aliphatic hydroxyl groups is 1. The van der Waals surface area contributed by atoms with Crippen LogP contribution >= 0.6 is 11.8 Å². The van der Waals surface area contributed by atoms with Gasteiger partial charge in [0.05, 0.1) is 18.7 Å². The Morgan fingerprint density at radius 1 is 1.02 bits per heavy atom. The number of carbonyl (C=O) groups excluding carboxylic acids is 3. The number of hydrogen-bond donors (Lipinski definition) is 4. The molecule has 0 spiro atoms. The van der Waals surface area contributed by atoms with Gasteiger partial charge in [0.25, 0.3) is 5.91 Å². The molecule has 1 heterocycles. The first-order valence-corrected chi connectivity index (χ1v) is 15.4. The average molecular weight is 657 g/mol. The number of β-lactam (4-membered cyclic amide) rings is 1. The van der Waals surface area contributed by atoms with Crippen LogP contribution in [0, 0.1) is 17.6 Å². The molecule has 0 bridgehead atoms.